The summed E-state index contributed by atoms with van der Waals surface area (Å²) in [5.74, 6) is -0.352. The number of carbonyl (C=O) groups excluding carboxylic acids is 5. The summed E-state index contributed by atoms with van der Waals surface area (Å²) in [5.41, 5.74) is 7.07. The van der Waals surface area contributed by atoms with E-state index in [1.165, 1.54) is 6.07 Å². The molecule has 5 aliphatic rings. The average Bonchev–Trinajstić information content (AvgIpc) is 4.06. The number of methoxy groups -OCH3 is 1. The van der Waals surface area contributed by atoms with Crippen molar-refractivity contribution in [2.45, 2.75) is 89.1 Å². The number of benzene rings is 3. The first-order valence-electron chi connectivity index (χ1n) is 23.5. The van der Waals surface area contributed by atoms with E-state index in [2.05, 4.69) is 40.6 Å². The van der Waals surface area contributed by atoms with Gasteiger partial charge in [0.1, 0.15) is 17.7 Å². The van der Waals surface area contributed by atoms with Gasteiger partial charge in [0, 0.05) is 87.0 Å². The Balaban J connectivity index is 0.811. The second-order valence-electron chi connectivity index (χ2n) is 19.0. The number of amides is 5. The number of aromatic nitrogens is 2. The van der Waals surface area contributed by atoms with Crippen molar-refractivity contribution in [3.8, 4) is 11.5 Å². The number of nitrogens with two attached hydrogens (primary N) is 1. The highest BCUT2D eigenvalue weighted by Gasteiger charge is 2.49. The molecule has 5 amide bonds. The lowest BCUT2D eigenvalue weighted by Crippen LogP contribution is -2.58. The molecular weight excluding hydrogens is 898 g/mol. The van der Waals surface area contributed by atoms with Gasteiger partial charge in [-0.25, -0.2) is 9.97 Å². The van der Waals surface area contributed by atoms with Crippen LogP contribution in [0.4, 0.5) is 30.4 Å². The number of halogens is 3. The third kappa shape index (κ3) is 9.73. The van der Waals surface area contributed by atoms with E-state index in [1.54, 1.807) is 52.3 Å². The fourth-order valence-electron chi connectivity index (χ4n) is 10.4. The molecule has 3 saturated heterocycles. The summed E-state index contributed by atoms with van der Waals surface area (Å²) in [4.78, 5) is 81.7. The Labute approximate surface area is 397 Å². The molecule has 1 saturated carbocycles. The van der Waals surface area contributed by atoms with Gasteiger partial charge in [-0.15, -0.1) is 0 Å². The Morgan fingerprint density at radius 1 is 0.928 bits per heavy atom. The minimum absolute atomic E-state index is 0.00107. The molecular formula is C49H57F3N10O7. The molecule has 2 unspecified atom stereocenters. The molecule has 0 radical (unpaired) electrons. The summed E-state index contributed by atoms with van der Waals surface area (Å²) < 4.78 is 53.2. The number of nitrogens with one attached hydrogen (secondary N) is 3. The molecule has 20 heteroatoms. The summed E-state index contributed by atoms with van der Waals surface area (Å²) in [6, 6.07) is 10.7. The zero-order valence-electron chi connectivity index (χ0n) is 39.1. The van der Waals surface area contributed by atoms with Crippen molar-refractivity contribution in [3.05, 3.63) is 76.6 Å². The van der Waals surface area contributed by atoms with Gasteiger partial charge in [-0.05, 0) is 100 Å². The van der Waals surface area contributed by atoms with Gasteiger partial charge in [-0.2, -0.15) is 13.2 Å². The minimum atomic E-state index is -4.56. The van der Waals surface area contributed by atoms with Gasteiger partial charge >= 0.3 is 6.18 Å². The Hall–Kier alpha value is -6.54. The lowest BCUT2D eigenvalue weighted by atomic mass is 9.95. The van der Waals surface area contributed by atoms with Crippen LogP contribution in [0.1, 0.15) is 95.6 Å². The van der Waals surface area contributed by atoms with E-state index >= 15 is 0 Å². The van der Waals surface area contributed by atoms with Crippen molar-refractivity contribution in [1.82, 2.24) is 35.3 Å². The molecule has 3 atom stereocenters. The van der Waals surface area contributed by atoms with Crippen molar-refractivity contribution >= 4 is 57.6 Å². The molecule has 3 aromatic carbocycles. The van der Waals surface area contributed by atoms with Crippen molar-refractivity contribution < 1.29 is 46.6 Å². The van der Waals surface area contributed by atoms with Gasteiger partial charge in [0.2, 0.25) is 17.7 Å². The molecule has 4 aliphatic heterocycles. The molecule has 1 aromatic heterocycles. The molecule has 0 bridgehead atoms. The number of rotatable bonds is 14. The standard InChI is InChI=1S/C49H57F3N10O7/c1-27(29-19-30(49(50,51)52)21-31(53)20-29)55-43-36-23-41(40(68-4)24-37(36)56-28(2)57-43)69-26-48(11-12-48)25-39(44(64)54-3)61-17-15-60(16-18-61)32-9-13-59(14-10-32)33-5-6-34-35(22-33)47(67)62(46(34)66)38-7-8-42(63)58-45(38)65/h5-6,19-24,27,32,38-39H,7-18,25-26,53H2,1-4H3,(H,54,64)(H,55,56,57)(H,58,63,65)/t27-,38?,39?/m1/s1. The number of piperidine rings is 2. The van der Waals surface area contributed by atoms with E-state index in [-0.39, 0.29) is 47.0 Å². The van der Waals surface area contributed by atoms with Crippen molar-refractivity contribution in [1.29, 1.82) is 0 Å². The van der Waals surface area contributed by atoms with E-state index in [4.69, 9.17) is 15.2 Å². The molecule has 69 heavy (non-hydrogen) atoms. The number of fused-ring (bicyclic) bond motifs is 2. The number of carbonyl (C=O) groups is 5. The van der Waals surface area contributed by atoms with E-state index in [0.717, 1.165) is 87.7 Å². The van der Waals surface area contributed by atoms with Crippen LogP contribution >= 0.6 is 0 Å². The Morgan fingerprint density at radius 3 is 2.32 bits per heavy atom. The zero-order chi connectivity index (χ0) is 48.9. The number of alkyl halides is 3. The van der Waals surface area contributed by atoms with Crippen LogP contribution in [0.15, 0.2) is 48.5 Å². The number of ether oxygens (including phenoxy) is 2. The molecule has 4 fully saturated rings. The third-order valence-corrected chi connectivity index (χ3v) is 14.5. The van der Waals surface area contributed by atoms with E-state index in [9.17, 15) is 37.1 Å². The van der Waals surface area contributed by atoms with Crippen molar-refractivity contribution in [2.75, 3.05) is 76.0 Å². The highest BCUT2D eigenvalue weighted by atomic mass is 19.4. The maximum atomic E-state index is 13.6. The van der Waals surface area contributed by atoms with Crippen molar-refractivity contribution in [3.63, 3.8) is 0 Å². The molecule has 366 valence electrons. The van der Waals surface area contributed by atoms with E-state index < -0.39 is 47.5 Å². The van der Waals surface area contributed by atoms with Gasteiger partial charge in [0.25, 0.3) is 11.8 Å². The summed E-state index contributed by atoms with van der Waals surface area (Å²) in [6.07, 6.45) is -0.218. The van der Waals surface area contributed by atoms with Gasteiger partial charge in [-0.3, -0.25) is 44.0 Å². The van der Waals surface area contributed by atoms with Crippen LogP contribution in [0.2, 0.25) is 0 Å². The van der Waals surface area contributed by atoms with Crippen LogP contribution in [0.25, 0.3) is 10.9 Å². The number of piperazine rings is 1. The number of aryl methyl sites for hydroxylation is 1. The molecule has 17 nitrogen and oxygen atoms in total. The lowest BCUT2D eigenvalue weighted by molar-refractivity contribution is -0.138. The highest BCUT2D eigenvalue weighted by molar-refractivity contribution is 6.23. The first kappa shape index (κ1) is 47.5. The Kier molecular flexibility index (Phi) is 12.9. The largest absolute Gasteiger partial charge is 0.493 e. The second kappa shape index (κ2) is 18.8. The summed E-state index contributed by atoms with van der Waals surface area (Å²) in [6.45, 7) is 8.37. The van der Waals surface area contributed by atoms with Gasteiger partial charge < -0.3 is 30.7 Å². The van der Waals surface area contributed by atoms with Gasteiger partial charge in [0.15, 0.2) is 11.5 Å². The molecule has 9 rings (SSSR count). The van der Waals surface area contributed by atoms with E-state index in [0.29, 0.717) is 58.7 Å². The number of nitrogen functional groups attached to an aromatic ring is 1. The van der Waals surface area contributed by atoms with E-state index in [1.807, 2.05) is 6.07 Å². The van der Waals surface area contributed by atoms with Crippen LogP contribution in [-0.2, 0) is 20.6 Å². The fourth-order valence-corrected chi connectivity index (χ4v) is 10.4. The van der Waals surface area contributed by atoms with Crippen molar-refractivity contribution in [2.24, 2.45) is 5.41 Å². The molecule has 5 heterocycles. The number of imide groups is 2. The number of hydrogen-bond acceptors (Lipinski definition) is 14. The van der Waals surface area contributed by atoms with Crippen LogP contribution in [-0.4, -0.2) is 132 Å². The number of likely N-dealkylation sites (N-methyl/N-ethyl adjacent to an activating group) is 1. The predicted molar refractivity (Wildman–Crippen MR) is 250 cm³/mol. The normalized spacial score (nSPS) is 20.9. The minimum Gasteiger partial charge on any atom is -0.493 e. The molecule has 5 N–H and O–H groups in total. The lowest BCUT2D eigenvalue weighted by Gasteiger charge is -2.45. The monoisotopic (exact) mass is 954 g/mol. The smallest absolute Gasteiger partial charge is 0.416 e. The van der Waals surface area contributed by atoms with Gasteiger partial charge in [0.05, 0.1) is 48.0 Å². The Bertz CT molecular complexity index is 2700. The first-order valence-corrected chi connectivity index (χ1v) is 23.5. The first-order chi connectivity index (χ1) is 32.9. The maximum Gasteiger partial charge on any atom is 0.416 e. The van der Waals surface area contributed by atoms with Gasteiger partial charge in [-0.1, -0.05) is 0 Å². The predicted octanol–water partition coefficient (Wildman–Crippen LogP) is 5.07. The highest BCUT2D eigenvalue weighted by Crippen LogP contribution is 2.51. The van der Waals surface area contributed by atoms with Crippen LogP contribution in [0.5, 0.6) is 11.5 Å². The van der Waals surface area contributed by atoms with Crippen LogP contribution in [0, 0.1) is 12.3 Å². The number of anilines is 3. The van der Waals surface area contributed by atoms with Crippen LogP contribution < -0.4 is 36.1 Å². The molecule has 1 aliphatic carbocycles. The number of hydrogen-bond donors (Lipinski definition) is 4. The Morgan fingerprint density at radius 2 is 1.65 bits per heavy atom. The zero-order valence-corrected chi connectivity index (χ0v) is 39.1. The summed E-state index contributed by atoms with van der Waals surface area (Å²) in [5, 5.41) is 9.00. The molecule has 0 spiro atoms. The quantitative estimate of drug-likeness (QED) is 0.0963. The summed E-state index contributed by atoms with van der Waals surface area (Å²) >= 11 is 0. The summed E-state index contributed by atoms with van der Waals surface area (Å²) in [7, 11) is 3.21. The van der Waals surface area contributed by atoms with Crippen LogP contribution in [0.3, 0.4) is 0 Å². The number of nitrogens with zero attached hydrogens (tertiary/aromatic N) is 6. The molecule has 4 aromatic rings. The topological polar surface area (TPSA) is 205 Å². The maximum absolute atomic E-state index is 13.6. The fraction of sp³-hybridized carbons (Fsp3) is 0.490. The second-order valence-corrected chi connectivity index (χ2v) is 19.0. The SMILES string of the molecule is CNC(=O)C(CC1(COc2cc3c(N[C@H](C)c4cc(N)cc(C(F)(F)F)c4)nc(C)nc3cc2OC)CC1)N1CCN(C2CCN(c3ccc4c(c3)C(=O)N(C3CCC(=O)NC3=O)C4=O)CC2)CC1. The third-order valence-electron chi connectivity index (χ3n) is 14.5. The average molecular weight is 955 g/mol.